The molecule has 164 valence electrons. The van der Waals surface area contributed by atoms with Crippen LogP contribution in [0.5, 0.6) is 0 Å². The van der Waals surface area contributed by atoms with Crippen LogP contribution in [0.4, 0.5) is 18.9 Å². The number of aromatic nitrogens is 3. The minimum atomic E-state index is -4.58. The molecule has 0 saturated carbocycles. The molecule has 1 amide bonds. The third-order valence-electron chi connectivity index (χ3n) is 4.19. The molecule has 3 aromatic rings. The lowest BCUT2D eigenvalue weighted by Crippen LogP contribution is -2.18. The molecule has 1 aromatic carbocycles. The molecular formula is C18H16F3N5O3S2. The van der Waals surface area contributed by atoms with Gasteiger partial charge in [-0.15, -0.1) is 0 Å². The number of sulfonamides is 1. The third kappa shape index (κ3) is 5.24. The summed E-state index contributed by atoms with van der Waals surface area (Å²) in [6.45, 7) is 1.63. The Kier molecular flexibility index (Phi) is 6.38. The predicted molar refractivity (Wildman–Crippen MR) is 107 cm³/mol. The second-order valence-corrected chi connectivity index (χ2v) is 9.06. The van der Waals surface area contributed by atoms with Gasteiger partial charge >= 0.3 is 6.18 Å². The van der Waals surface area contributed by atoms with Crippen LogP contribution in [-0.2, 0) is 22.6 Å². The van der Waals surface area contributed by atoms with E-state index in [0.29, 0.717) is 22.5 Å². The number of amides is 1. The van der Waals surface area contributed by atoms with E-state index in [2.05, 4.69) is 24.4 Å². The van der Waals surface area contributed by atoms with E-state index < -0.39 is 27.8 Å². The van der Waals surface area contributed by atoms with Crippen LogP contribution in [0.1, 0.15) is 32.3 Å². The lowest BCUT2D eigenvalue weighted by atomic mass is 10.1. The zero-order valence-corrected chi connectivity index (χ0v) is 17.8. The first-order valence-electron chi connectivity index (χ1n) is 8.69. The first-order chi connectivity index (χ1) is 14.5. The fourth-order valence-corrected chi connectivity index (χ4v) is 4.23. The fraction of sp³-hybridized carbons (Fsp3) is 0.222. The molecule has 0 aliphatic carbocycles. The Morgan fingerprint density at radius 3 is 2.35 bits per heavy atom. The van der Waals surface area contributed by atoms with Crippen LogP contribution in [0.2, 0.25) is 0 Å². The Hall–Kier alpha value is -2.90. The number of carbonyl (C=O) groups excluding carboxylic acids is 1. The number of carbonyl (C=O) groups is 1. The summed E-state index contributed by atoms with van der Waals surface area (Å²) in [7, 11) is -2.31. The molecule has 8 nitrogen and oxygen atoms in total. The summed E-state index contributed by atoms with van der Waals surface area (Å²) >= 11 is 1.04. The van der Waals surface area contributed by atoms with Crippen molar-refractivity contribution in [3.05, 3.63) is 64.2 Å². The van der Waals surface area contributed by atoms with Gasteiger partial charge < -0.3 is 5.32 Å². The molecule has 0 bridgehead atoms. The molecular weight excluding hydrogens is 455 g/mol. The van der Waals surface area contributed by atoms with Crippen molar-refractivity contribution in [1.29, 1.82) is 0 Å². The van der Waals surface area contributed by atoms with Crippen molar-refractivity contribution < 1.29 is 26.4 Å². The normalized spacial score (nSPS) is 12.0. The molecule has 2 heterocycles. The van der Waals surface area contributed by atoms with Crippen molar-refractivity contribution >= 4 is 33.2 Å². The number of hydrogen-bond donors (Lipinski definition) is 2. The van der Waals surface area contributed by atoms with Gasteiger partial charge in [-0.1, -0.05) is 0 Å². The van der Waals surface area contributed by atoms with Crippen LogP contribution in [0.15, 0.2) is 41.6 Å². The van der Waals surface area contributed by atoms with Gasteiger partial charge in [0, 0.05) is 23.2 Å². The summed E-state index contributed by atoms with van der Waals surface area (Å²) in [5.74, 6) is -0.481. The molecule has 13 heteroatoms. The lowest BCUT2D eigenvalue weighted by Gasteiger charge is -2.09. The molecule has 0 aliphatic rings. The van der Waals surface area contributed by atoms with Gasteiger partial charge in [0.1, 0.15) is 0 Å². The van der Waals surface area contributed by atoms with Gasteiger partial charge in [-0.05, 0) is 49.8 Å². The summed E-state index contributed by atoms with van der Waals surface area (Å²) < 4.78 is 67.8. The van der Waals surface area contributed by atoms with Gasteiger partial charge in [0.15, 0.2) is 5.69 Å². The molecule has 0 radical (unpaired) electrons. The third-order valence-corrected chi connectivity index (χ3v) is 6.55. The Bertz CT molecular complexity index is 1190. The molecule has 0 atom stereocenters. The van der Waals surface area contributed by atoms with E-state index in [1.165, 1.54) is 31.3 Å². The van der Waals surface area contributed by atoms with Gasteiger partial charge in [-0.2, -0.15) is 17.5 Å². The molecule has 2 N–H and O–H groups in total. The molecule has 0 aliphatic heterocycles. The SMILES string of the molecule is CNS(=O)(=O)c1ccc(NC(=O)c2c(C)nsc2Cc2cnc(C(F)(F)F)cn2)cc1. The Morgan fingerprint density at radius 2 is 1.81 bits per heavy atom. The zero-order valence-electron chi connectivity index (χ0n) is 16.2. The van der Waals surface area contributed by atoms with Crippen molar-refractivity contribution in [1.82, 2.24) is 19.1 Å². The van der Waals surface area contributed by atoms with E-state index in [4.69, 9.17) is 0 Å². The summed E-state index contributed by atoms with van der Waals surface area (Å²) in [6.07, 6.45) is -2.84. The highest BCUT2D eigenvalue weighted by molar-refractivity contribution is 7.89. The lowest BCUT2D eigenvalue weighted by molar-refractivity contribution is -0.141. The van der Waals surface area contributed by atoms with Crippen molar-refractivity contribution in [3.8, 4) is 0 Å². The van der Waals surface area contributed by atoms with Crippen LogP contribution < -0.4 is 10.0 Å². The van der Waals surface area contributed by atoms with Gasteiger partial charge in [0.05, 0.1) is 28.0 Å². The van der Waals surface area contributed by atoms with E-state index in [-0.39, 0.29) is 22.6 Å². The quantitative estimate of drug-likeness (QED) is 0.571. The van der Waals surface area contributed by atoms with Crippen LogP contribution in [0.3, 0.4) is 0 Å². The van der Waals surface area contributed by atoms with E-state index >= 15 is 0 Å². The van der Waals surface area contributed by atoms with Crippen LogP contribution >= 0.6 is 11.5 Å². The van der Waals surface area contributed by atoms with E-state index in [0.717, 1.165) is 17.7 Å². The largest absolute Gasteiger partial charge is 0.434 e. The topological polar surface area (TPSA) is 114 Å². The summed E-state index contributed by atoms with van der Waals surface area (Å²) in [5.41, 5.74) is 0.252. The van der Waals surface area contributed by atoms with Crippen LogP contribution in [0, 0.1) is 6.92 Å². The van der Waals surface area contributed by atoms with Crippen molar-refractivity contribution in [2.45, 2.75) is 24.4 Å². The number of nitrogens with zero attached hydrogens (tertiary/aromatic N) is 3. The summed E-state index contributed by atoms with van der Waals surface area (Å²) in [6, 6.07) is 5.58. The number of anilines is 1. The fourth-order valence-electron chi connectivity index (χ4n) is 2.61. The number of halogens is 3. The van der Waals surface area contributed by atoms with E-state index in [1.54, 1.807) is 6.92 Å². The smallest absolute Gasteiger partial charge is 0.322 e. The van der Waals surface area contributed by atoms with E-state index in [1.807, 2.05) is 0 Å². The van der Waals surface area contributed by atoms with Gasteiger partial charge in [0.25, 0.3) is 5.91 Å². The molecule has 0 spiro atoms. The standard InChI is InChI=1S/C18H16F3N5O3S2/c1-10-16(17(27)25-11-3-5-13(6-4-11)31(28,29)22-2)14(30-26-10)7-12-8-24-15(9-23-12)18(19,20)21/h3-6,8-9,22H,7H2,1-2H3,(H,25,27). The number of benzene rings is 1. The highest BCUT2D eigenvalue weighted by Crippen LogP contribution is 2.27. The van der Waals surface area contributed by atoms with Crippen LogP contribution in [0.25, 0.3) is 0 Å². The monoisotopic (exact) mass is 471 g/mol. The minimum Gasteiger partial charge on any atom is -0.322 e. The Labute approximate surface area is 179 Å². The number of hydrogen-bond acceptors (Lipinski definition) is 7. The Balaban J connectivity index is 1.78. The molecule has 0 fully saturated rings. The summed E-state index contributed by atoms with van der Waals surface area (Å²) in [5, 5.41) is 2.66. The Morgan fingerprint density at radius 1 is 1.13 bits per heavy atom. The highest BCUT2D eigenvalue weighted by atomic mass is 32.2. The first kappa shape index (κ1) is 22.8. The average molecular weight is 471 g/mol. The average Bonchev–Trinajstić information content (AvgIpc) is 3.08. The molecule has 31 heavy (non-hydrogen) atoms. The number of nitrogens with one attached hydrogen (secondary N) is 2. The second kappa shape index (κ2) is 8.69. The number of rotatable bonds is 6. The summed E-state index contributed by atoms with van der Waals surface area (Å²) in [4.78, 5) is 20.5. The maximum atomic E-state index is 12.8. The minimum absolute atomic E-state index is 0.0444. The number of alkyl halides is 3. The van der Waals surface area contributed by atoms with Crippen molar-refractivity contribution in [3.63, 3.8) is 0 Å². The van der Waals surface area contributed by atoms with E-state index in [9.17, 15) is 26.4 Å². The highest BCUT2D eigenvalue weighted by Gasteiger charge is 2.32. The molecule has 0 saturated heterocycles. The first-order valence-corrected chi connectivity index (χ1v) is 10.9. The zero-order chi connectivity index (χ0) is 22.8. The van der Waals surface area contributed by atoms with Crippen molar-refractivity contribution in [2.75, 3.05) is 12.4 Å². The van der Waals surface area contributed by atoms with Gasteiger partial charge in [-0.25, -0.2) is 18.1 Å². The molecule has 0 unspecified atom stereocenters. The maximum Gasteiger partial charge on any atom is 0.434 e. The maximum absolute atomic E-state index is 12.8. The molecule has 3 rings (SSSR count). The van der Waals surface area contributed by atoms with Crippen LogP contribution in [-0.4, -0.2) is 35.7 Å². The van der Waals surface area contributed by atoms with Crippen molar-refractivity contribution in [2.24, 2.45) is 0 Å². The molecule has 2 aromatic heterocycles. The van der Waals surface area contributed by atoms with Gasteiger partial charge in [-0.3, -0.25) is 9.78 Å². The van der Waals surface area contributed by atoms with Gasteiger partial charge in [0.2, 0.25) is 10.0 Å². The number of aryl methyl sites for hydroxylation is 1. The predicted octanol–water partition coefficient (Wildman–Crippen LogP) is 3.01. The second-order valence-electron chi connectivity index (χ2n) is 6.32.